The van der Waals surface area contributed by atoms with Gasteiger partial charge in [0.1, 0.15) is 0 Å². The van der Waals surface area contributed by atoms with Crippen molar-refractivity contribution in [1.82, 2.24) is 19.5 Å². The van der Waals surface area contributed by atoms with Crippen LogP contribution in [0, 0.1) is 11.8 Å². The lowest BCUT2D eigenvalue weighted by Gasteiger charge is -2.10. The quantitative estimate of drug-likeness (QED) is 0.575. The second-order valence-corrected chi connectivity index (χ2v) is 5.37. The molecule has 3 unspecified atom stereocenters. The summed E-state index contributed by atoms with van der Waals surface area (Å²) in [6.45, 7) is 0.590. The maximum absolute atomic E-state index is 11.7. The number of hydrogen-bond acceptors (Lipinski definition) is 6. The lowest BCUT2D eigenvalue weighted by molar-refractivity contribution is 0.0905. The molecule has 1 saturated carbocycles. The number of imidazole rings is 1. The van der Waals surface area contributed by atoms with Crippen LogP contribution >= 0.6 is 0 Å². The topological polar surface area (TPSA) is 130 Å². The highest BCUT2D eigenvalue weighted by Gasteiger charge is 2.32. The first kappa shape index (κ1) is 13.1. The third kappa shape index (κ3) is 2.16. The highest BCUT2D eigenvalue weighted by Crippen LogP contribution is 2.32. The van der Waals surface area contributed by atoms with Crippen LogP contribution in [-0.4, -0.2) is 42.4 Å². The smallest absolute Gasteiger partial charge is 0.280 e. The van der Waals surface area contributed by atoms with Crippen LogP contribution in [0.2, 0.25) is 0 Å². The second-order valence-electron chi connectivity index (χ2n) is 5.37. The summed E-state index contributed by atoms with van der Waals surface area (Å²) in [6.07, 6.45) is 2.46. The van der Waals surface area contributed by atoms with Crippen LogP contribution in [0.3, 0.4) is 0 Å². The number of aliphatic hydroxyl groups excluding tert-OH is 2. The Balaban J connectivity index is 1.87. The number of H-pyrrole nitrogens is 1. The van der Waals surface area contributed by atoms with Gasteiger partial charge in [-0.05, 0) is 18.8 Å². The molecule has 0 spiro atoms. The van der Waals surface area contributed by atoms with E-state index in [-0.39, 0.29) is 35.5 Å². The number of aromatic nitrogens is 4. The Morgan fingerprint density at radius 3 is 3.00 bits per heavy atom. The highest BCUT2D eigenvalue weighted by molar-refractivity contribution is 5.70. The normalized spacial score (nSPS) is 26.4. The van der Waals surface area contributed by atoms with E-state index in [1.54, 1.807) is 10.9 Å². The van der Waals surface area contributed by atoms with Gasteiger partial charge in [-0.15, -0.1) is 0 Å². The summed E-state index contributed by atoms with van der Waals surface area (Å²) in [5.74, 6) is 0.210. The number of nitrogens with zero attached hydrogens (tertiary/aromatic N) is 3. The molecule has 0 aliphatic heterocycles. The minimum absolute atomic E-state index is 0.00674. The first-order valence-electron chi connectivity index (χ1n) is 6.58. The molecule has 3 atom stereocenters. The molecule has 2 heterocycles. The number of nitrogens with one attached hydrogen (secondary N) is 1. The summed E-state index contributed by atoms with van der Waals surface area (Å²) in [5, 5.41) is 19.0. The molecule has 1 fully saturated rings. The monoisotopic (exact) mass is 279 g/mol. The summed E-state index contributed by atoms with van der Waals surface area (Å²) >= 11 is 0. The molecule has 2 aromatic heterocycles. The lowest BCUT2D eigenvalue weighted by atomic mass is 10.1. The molecule has 0 bridgehead atoms. The third-order valence-corrected chi connectivity index (χ3v) is 3.94. The van der Waals surface area contributed by atoms with E-state index in [1.165, 1.54) is 0 Å². The van der Waals surface area contributed by atoms with Gasteiger partial charge in [-0.25, -0.2) is 4.98 Å². The maximum Gasteiger partial charge on any atom is 0.280 e. The van der Waals surface area contributed by atoms with Gasteiger partial charge >= 0.3 is 0 Å². The van der Waals surface area contributed by atoms with E-state index in [2.05, 4.69) is 15.0 Å². The Morgan fingerprint density at radius 2 is 2.30 bits per heavy atom. The average Bonchev–Trinajstić information content (AvgIpc) is 2.94. The first-order chi connectivity index (χ1) is 9.58. The van der Waals surface area contributed by atoms with Crippen molar-refractivity contribution in [3.8, 4) is 0 Å². The van der Waals surface area contributed by atoms with Crippen LogP contribution in [0.25, 0.3) is 11.2 Å². The summed E-state index contributed by atoms with van der Waals surface area (Å²) in [5.41, 5.74) is 5.90. The van der Waals surface area contributed by atoms with Gasteiger partial charge in [-0.3, -0.25) is 9.78 Å². The number of hydrogen-bond donors (Lipinski definition) is 4. The van der Waals surface area contributed by atoms with Gasteiger partial charge in [0.2, 0.25) is 5.95 Å². The number of rotatable bonds is 3. The molecule has 3 rings (SSSR count). The van der Waals surface area contributed by atoms with E-state index in [1.807, 2.05) is 0 Å². The molecule has 1 aliphatic rings. The molecule has 2 aromatic rings. The van der Waals surface area contributed by atoms with Crippen molar-refractivity contribution in [2.75, 3.05) is 12.3 Å². The Hall–Kier alpha value is -1.93. The molecule has 1 aliphatic carbocycles. The van der Waals surface area contributed by atoms with Gasteiger partial charge < -0.3 is 20.5 Å². The van der Waals surface area contributed by atoms with Crippen molar-refractivity contribution in [1.29, 1.82) is 0 Å². The summed E-state index contributed by atoms with van der Waals surface area (Å²) < 4.78 is 1.78. The predicted octanol–water partition coefficient (Wildman–Crippen LogP) is -0.919. The van der Waals surface area contributed by atoms with E-state index >= 15 is 0 Å². The number of aromatic amines is 1. The zero-order valence-electron chi connectivity index (χ0n) is 10.9. The Morgan fingerprint density at radius 1 is 1.50 bits per heavy atom. The fraction of sp³-hybridized carbons (Fsp3) is 0.583. The molecule has 5 N–H and O–H groups in total. The van der Waals surface area contributed by atoms with Gasteiger partial charge in [0, 0.05) is 19.1 Å². The number of fused-ring (bicyclic) bond motifs is 1. The molecule has 0 aromatic carbocycles. The van der Waals surface area contributed by atoms with Gasteiger partial charge in [-0.1, -0.05) is 0 Å². The van der Waals surface area contributed by atoms with Crippen molar-refractivity contribution in [2.45, 2.75) is 25.5 Å². The van der Waals surface area contributed by atoms with Gasteiger partial charge in [0.15, 0.2) is 11.2 Å². The molecule has 0 amide bonds. The van der Waals surface area contributed by atoms with E-state index in [0.717, 1.165) is 6.42 Å². The van der Waals surface area contributed by atoms with Gasteiger partial charge in [0.25, 0.3) is 5.56 Å². The van der Waals surface area contributed by atoms with Crippen molar-refractivity contribution < 1.29 is 10.2 Å². The Kier molecular flexibility index (Phi) is 3.19. The molecular weight excluding hydrogens is 262 g/mol. The zero-order valence-corrected chi connectivity index (χ0v) is 10.9. The molecule has 0 saturated heterocycles. The maximum atomic E-state index is 11.7. The summed E-state index contributed by atoms with van der Waals surface area (Å²) in [4.78, 5) is 22.2. The number of nitrogen functional groups attached to an aromatic ring is 1. The third-order valence-electron chi connectivity index (χ3n) is 3.94. The number of anilines is 1. The minimum atomic E-state index is -0.471. The Bertz CT molecular complexity index is 679. The largest absolute Gasteiger partial charge is 0.396 e. The fourth-order valence-corrected chi connectivity index (χ4v) is 2.94. The second kappa shape index (κ2) is 4.88. The molecule has 0 radical (unpaired) electrons. The summed E-state index contributed by atoms with van der Waals surface area (Å²) in [7, 11) is 0. The first-order valence-corrected chi connectivity index (χ1v) is 6.58. The van der Waals surface area contributed by atoms with Crippen molar-refractivity contribution in [2.24, 2.45) is 11.8 Å². The van der Waals surface area contributed by atoms with Crippen LogP contribution < -0.4 is 11.3 Å². The van der Waals surface area contributed by atoms with Crippen molar-refractivity contribution in [3.63, 3.8) is 0 Å². The zero-order chi connectivity index (χ0) is 14.3. The van der Waals surface area contributed by atoms with Crippen molar-refractivity contribution in [3.05, 3.63) is 16.7 Å². The molecular formula is C12H17N5O3. The summed E-state index contributed by atoms with van der Waals surface area (Å²) in [6, 6.07) is 0. The standard InChI is InChI=1S/C12H17N5O3/c13-12-15-10-9(11(20)16-12)14-5-17(10)3-6-1-7(4-18)8(19)2-6/h5-8,18-19H,1-4H2,(H3,13,15,16,20). The van der Waals surface area contributed by atoms with Gasteiger partial charge in [0.05, 0.1) is 12.4 Å². The minimum Gasteiger partial charge on any atom is -0.396 e. The van der Waals surface area contributed by atoms with Crippen LogP contribution in [-0.2, 0) is 6.54 Å². The molecule has 8 heteroatoms. The van der Waals surface area contributed by atoms with E-state index < -0.39 is 6.10 Å². The van der Waals surface area contributed by atoms with Crippen LogP contribution in [0.5, 0.6) is 0 Å². The van der Waals surface area contributed by atoms with Crippen LogP contribution in [0.1, 0.15) is 12.8 Å². The van der Waals surface area contributed by atoms with E-state index in [4.69, 9.17) is 5.73 Å². The van der Waals surface area contributed by atoms with Crippen molar-refractivity contribution >= 4 is 17.1 Å². The SMILES string of the molecule is Nc1nc2c(ncn2CC2CC(O)C(CO)C2)c(=O)[nH]1. The van der Waals surface area contributed by atoms with Gasteiger partial charge in [-0.2, -0.15) is 4.98 Å². The number of nitrogens with two attached hydrogens (primary N) is 1. The predicted molar refractivity (Wildman–Crippen MR) is 71.9 cm³/mol. The average molecular weight is 279 g/mol. The van der Waals surface area contributed by atoms with E-state index in [0.29, 0.717) is 18.6 Å². The molecule has 108 valence electrons. The molecule has 8 nitrogen and oxygen atoms in total. The fourth-order valence-electron chi connectivity index (χ4n) is 2.94. The molecule has 20 heavy (non-hydrogen) atoms. The van der Waals surface area contributed by atoms with E-state index in [9.17, 15) is 15.0 Å². The van der Waals surface area contributed by atoms with Crippen LogP contribution in [0.4, 0.5) is 5.95 Å². The van der Waals surface area contributed by atoms with Crippen LogP contribution in [0.15, 0.2) is 11.1 Å². The lowest BCUT2D eigenvalue weighted by Crippen LogP contribution is -2.16. The number of aliphatic hydroxyl groups is 2. The Labute approximate surface area is 114 Å². The highest BCUT2D eigenvalue weighted by atomic mass is 16.3.